The van der Waals surface area contributed by atoms with E-state index in [0.717, 1.165) is 31.9 Å². The Bertz CT molecular complexity index is 977. The third kappa shape index (κ3) is 3.91. The van der Waals surface area contributed by atoms with Crippen LogP contribution >= 0.6 is 0 Å². The number of carbonyl (C=O) groups is 1. The van der Waals surface area contributed by atoms with Gasteiger partial charge in [-0.1, -0.05) is 5.16 Å². The van der Waals surface area contributed by atoms with E-state index >= 15 is 0 Å². The molecule has 5 rings (SSSR count). The van der Waals surface area contributed by atoms with Gasteiger partial charge >= 0.3 is 6.09 Å². The van der Waals surface area contributed by atoms with Crippen molar-refractivity contribution in [2.45, 2.75) is 51.1 Å². The van der Waals surface area contributed by atoms with E-state index in [1.54, 1.807) is 26.8 Å². The van der Waals surface area contributed by atoms with Crippen molar-refractivity contribution in [2.75, 3.05) is 31.3 Å². The van der Waals surface area contributed by atoms with Crippen LogP contribution < -0.4 is 19.7 Å². The van der Waals surface area contributed by atoms with Crippen molar-refractivity contribution < 1.29 is 23.5 Å². The van der Waals surface area contributed by atoms with E-state index in [9.17, 15) is 4.79 Å². The van der Waals surface area contributed by atoms with Gasteiger partial charge in [-0.3, -0.25) is 0 Å². The fourth-order valence-corrected chi connectivity index (χ4v) is 3.80. The maximum absolute atomic E-state index is 12.5. The minimum Gasteiger partial charge on any atom is -0.476 e. The molecule has 0 bridgehead atoms. The molecule has 166 valence electrons. The van der Waals surface area contributed by atoms with E-state index in [-0.39, 0.29) is 11.4 Å². The lowest BCUT2D eigenvalue weighted by atomic mass is 9.82. The summed E-state index contributed by atoms with van der Waals surface area (Å²) in [4.78, 5) is 23.5. The topological polar surface area (TPSA) is 112 Å². The van der Waals surface area contributed by atoms with Crippen LogP contribution in [0.2, 0.25) is 0 Å². The van der Waals surface area contributed by atoms with E-state index in [0.29, 0.717) is 30.1 Å². The summed E-state index contributed by atoms with van der Waals surface area (Å²) in [7, 11) is 0. The first-order valence-corrected chi connectivity index (χ1v) is 10.6. The fraction of sp³-hybridized carbons (Fsp3) is 0.619. The number of aromatic nitrogens is 3. The largest absolute Gasteiger partial charge is 0.476 e. The highest BCUT2D eigenvalue weighted by Crippen LogP contribution is 2.45. The zero-order valence-corrected chi connectivity index (χ0v) is 18.0. The van der Waals surface area contributed by atoms with Gasteiger partial charge < -0.3 is 29.0 Å². The van der Waals surface area contributed by atoms with Crippen LogP contribution in [-0.2, 0) is 10.3 Å². The lowest BCUT2D eigenvalue weighted by Gasteiger charge is -2.58. The molecule has 10 nitrogen and oxygen atoms in total. The van der Waals surface area contributed by atoms with Gasteiger partial charge in [-0.25, -0.2) is 4.79 Å². The number of amides is 1. The maximum Gasteiger partial charge on any atom is 0.414 e. The Morgan fingerprint density at radius 2 is 2.13 bits per heavy atom. The summed E-state index contributed by atoms with van der Waals surface area (Å²) < 4.78 is 21.9. The molecule has 31 heavy (non-hydrogen) atoms. The van der Waals surface area contributed by atoms with Gasteiger partial charge in [0.2, 0.25) is 17.7 Å². The summed E-state index contributed by atoms with van der Waals surface area (Å²) in [5, 5.41) is 6.63. The highest BCUT2D eigenvalue weighted by Gasteiger charge is 2.51. The Morgan fingerprint density at radius 1 is 1.32 bits per heavy atom. The van der Waals surface area contributed by atoms with E-state index in [2.05, 4.69) is 25.3 Å². The molecule has 4 heterocycles. The van der Waals surface area contributed by atoms with Crippen LogP contribution in [0.3, 0.4) is 0 Å². The van der Waals surface area contributed by atoms with Crippen LogP contribution in [0.25, 0.3) is 0 Å². The predicted molar refractivity (Wildman–Crippen MR) is 109 cm³/mol. The molecule has 1 aliphatic carbocycles. The van der Waals surface area contributed by atoms with Gasteiger partial charge in [0.05, 0.1) is 25.4 Å². The lowest BCUT2D eigenvalue weighted by molar-refractivity contribution is -0.0850. The number of carbonyl (C=O) groups excluding carboxylic acids is 1. The third-order valence-corrected chi connectivity index (χ3v) is 6.07. The third-order valence-electron chi connectivity index (χ3n) is 6.07. The molecule has 2 aromatic rings. The smallest absolute Gasteiger partial charge is 0.414 e. The summed E-state index contributed by atoms with van der Waals surface area (Å²) in [6.45, 7) is 8.23. The van der Waals surface area contributed by atoms with Gasteiger partial charge in [0.1, 0.15) is 11.2 Å². The summed E-state index contributed by atoms with van der Waals surface area (Å²) in [6.07, 6.45) is 2.80. The van der Waals surface area contributed by atoms with Crippen molar-refractivity contribution in [1.82, 2.24) is 20.4 Å². The van der Waals surface area contributed by atoms with Crippen molar-refractivity contribution in [3.63, 3.8) is 0 Å². The van der Waals surface area contributed by atoms with Crippen molar-refractivity contribution in [3.8, 4) is 11.8 Å². The molecule has 0 unspecified atom stereocenters. The first kappa shape index (κ1) is 20.0. The average molecular weight is 429 g/mol. The second kappa shape index (κ2) is 7.37. The van der Waals surface area contributed by atoms with E-state index in [1.807, 2.05) is 6.07 Å². The molecule has 1 N–H and O–H groups in total. The number of hydrogen-bond donors (Lipinski definition) is 1. The Hall–Kier alpha value is -2.88. The number of ether oxygens (including phenoxy) is 3. The molecule has 0 radical (unpaired) electrons. The molecule has 0 aromatic carbocycles. The zero-order chi connectivity index (χ0) is 21.6. The van der Waals surface area contributed by atoms with Crippen LogP contribution in [0.4, 0.5) is 10.5 Å². The van der Waals surface area contributed by atoms with Crippen molar-refractivity contribution in [1.29, 1.82) is 0 Å². The molecule has 0 atom stereocenters. The van der Waals surface area contributed by atoms with Crippen molar-refractivity contribution in [2.24, 2.45) is 5.92 Å². The van der Waals surface area contributed by atoms with Gasteiger partial charge in [0.25, 0.3) is 0 Å². The van der Waals surface area contributed by atoms with Crippen LogP contribution in [0.1, 0.15) is 44.8 Å². The maximum atomic E-state index is 12.5. The normalized spacial score (nSPS) is 19.5. The number of anilines is 1. The Kier molecular flexibility index (Phi) is 4.76. The van der Waals surface area contributed by atoms with Gasteiger partial charge in [-0.2, -0.15) is 9.97 Å². The molecule has 3 fully saturated rings. The number of rotatable bonds is 7. The minimum atomic E-state index is -0.867. The number of pyridine rings is 1. The van der Waals surface area contributed by atoms with E-state index < -0.39 is 11.6 Å². The minimum absolute atomic E-state index is 0.0614. The number of nitrogens with zero attached hydrogens (tertiary/aromatic N) is 4. The lowest BCUT2D eigenvalue weighted by Crippen LogP contribution is -2.71. The molecule has 2 aromatic heterocycles. The SMILES string of the molecule is Cc1nc(C(C)(C)NC(=O)Oc2ccc(N3CCC34COC4)c(OCC3CC3)n2)no1. The molecule has 3 aliphatic rings. The second-order valence-corrected chi connectivity index (χ2v) is 9.12. The van der Waals surface area contributed by atoms with Crippen molar-refractivity contribution >= 4 is 11.8 Å². The van der Waals surface area contributed by atoms with Crippen molar-refractivity contribution in [3.05, 3.63) is 23.8 Å². The number of aryl methyl sites for hydroxylation is 1. The van der Waals surface area contributed by atoms with E-state index in [1.165, 1.54) is 12.8 Å². The van der Waals surface area contributed by atoms with Crippen LogP contribution in [0.5, 0.6) is 11.8 Å². The number of nitrogens with one attached hydrogen (secondary N) is 1. The molecule has 1 saturated carbocycles. The van der Waals surface area contributed by atoms with E-state index in [4.69, 9.17) is 18.7 Å². The Balaban J connectivity index is 1.30. The molecular formula is C21H27N5O5. The summed E-state index contributed by atoms with van der Waals surface area (Å²) >= 11 is 0. The standard InChI is InChI=1S/C21H27N5O5/c1-13-22-18(25-31-13)20(2,3)24-19(27)30-16-7-6-15(17(23-16)29-10-14-4-5-14)26-9-8-21(26)11-28-12-21/h6-7,14H,4-5,8-12H2,1-3H3,(H,24,27). The van der Waals surface area contributed by atoms with Gasteiger partial charge in [0.15, 0.2) is 5.82 Å². The summed E-state index contributed by atoms with van der Waals surface area (Å²) in [6, 6.07) is 3.60. The number of hydrogen-bond acceptors (Lipinski definition) is 9. The quantitative estimate of drug-likeness (QED) is 0.709. The zero-order valence-electron chi connectivity index (χ0n) is 18.0. The Labute approximate surface area is 180 Å². The van der Waals surface area contributed by atoms with Gasteiger partial charge in [0, 0.05) is 19.5 Å². The average Bonchev–Trinajstić information content (AvgIpc) is 3.37. The van der Waals surface area contributed by atoms with Gasteiger partial charge in [-0.05, 0) is 45.1 Å². The molecule has 2 aliphatic heterocycles. The Morgan fingerprint density at radius 3 is 2.71 bits per heavy atom. The monoisotopic (exact) mass is 429 g/mol. The van der Waals surface area contributed by atoms with Crippen LogP contribution in [0.15, 0.2) is 16.7 Å². The molecule has 2 saturated heterocycles. The van der Waals surface area contributed by atoms with Crippen LogP contribution in [-0.4, -0.2) is 53.1 Å². The highest BCUT2D eigenvalue weighted by molar-refractivity contribution is 5.71. The molecule has 1 amide bonds. The molecule has 10 heteroatoms. The summed E-state index contributed by atoms with van der Waals surface area (Å²) in [5.41, 5.74) is 0.116. The van der Waals surface area contributed by atoms with Crippen LogP contribution in [0, 0.1) is 12.8 Å². The highest BCUT2D eigenvalue weighted by atomic mass is 16.6. The molecule has 1 spiro atoms. The second-order valence-electron chi connectivity index (χ2n) is 9.12. The fourth-order valence-electron chi connectivity index (χ4n) is 3.80. The predicted octanol–water partition coefficient (Wildman–Crippen LogP) is 2.56. The molecular weight excluding hydrogens is 402 g/mol. The first-order valence-electron chi connectivity index (χ1n) is 10.6. The summed E-state index contributed by atoms with van der Waals surface area (Å²) in [5.74, 6) is 2.04. The first-order chi connectivity index (χ1) is 14.8. The van der Waals surface area contributed by atoms with Gasteiger partial charge in [-0.15, -0.1) is 0 Å².